The molecule has 0 rings (SSSR count). The smallest absolute Gasteiger partial charge is 0.305 e. The van der Waals surface area contributed by atoms with Crippen molar-refractivity contribution in [3.63, 3.8) is 0 Å². The summed E-state index contributed by atoms with van der Waals surface area (Å²) in [5.74, 6) is -0.112. The van der Waals surface area contributed by atoms with Crippen LogP contribution in [0, 0.1) is 0 Å². The van der Waals surface area contributed by atoms with Crippen molar-refractivity contribution in [2.75, 3.05) is 14.2 Å². The van der Waals surface area contributed by atoms with E-state index in [4.69, 9.17) is 9.47 Å². The van der Waals surface area contributed by atoms with E-state index in [9.17, 15) is 4.79 Å². The zero-order valence-corrected chi connectivity index (χ0v) is 23.0. The molecule has 0 aromatic rings. The monoisotopic (exact) mass is 468 g/mol. The van der Waals surface area contributed by atoms with E-state index >= 15 is 0 Å². The summed E-state index contributed by atoms with van der Waals surface area (Å²) in [6.07, 6.45) is 33.6. The van der Waals surface area contributed by atoms with Crippen molar-refractivity contribution in [1.29, 1.82) is 0 Å². The Hall–Kier alpha value is -0.570. The second-order valence-electron chi connectivity index (χ2n) is 10.2. The Kier molecular flexibility index (Phi) is 27.2. The second-order valence-corrected chi connectivity index (χ2v) is 10.2. The molecule has 198 valence electrons. The Morgan fingerprint density at radius 1 is 0.515 bits per heavy atom. The molecule has 0 aromatic carbocycles. The average molecular weight is 469 g/mol. The molecule has 0 heterocycles. The molecule has 33 heavy (non-hydrogen) atoms. The lowest BCUT2D eigenvalue weighted by Crippen LogP contribution is -2.11. The predicted molar refractivity (Wildman–Crippen MR) is 144 cm³/mol. The Labute approximate surface area is 208 Å². The van der Waals surface area contributed by atoms with Gasteiger partial charge in [0, 0.05) is 13.5 Å². The molecule has 0 aromatic heterocycles. The van der Waals surface area contributed by atoms with Gasteiger partial charge in [-0.15, -0.1) is 0 Å². The van der Waals surface area contributed by atoms with Crippen molar-refractivity contribution >= 4 is 5.97 Å². The van der Waals surface area contributed by atoms with Crippen LogP contribution in [0.1, 0.15) is 167 Å². The van der Waals surface area contributed by atoms with Crippen LogP contribution in [0.15, 0.2) is 0 Å². The van der Waals surface area contributed by atoms with Gasteiger partial charge in [0.05, 0.1) is 13.2 Å². The number of unbranched alkanes of at least 4 members (excludes halogenated alkanes) is 20. The summed E-state index contributed by atoms with van der Waals surface area (Å²) in [6, 6.07) is 0. The summed E-state index contributed by atoms with van der Waals surface area (Å²) >= 11 is 0. The number of ether oxygens (including phenoxy) is 2. The van der Waals surface area contributed by atoms with E-state index < -0.39 is 0 Å². The van der Waals surface area contributed by atoms with E-state index in [-0.39, 0.29) is 5.97 Å². The highest BCUT2D eigenvalue weighted by molar-refractivity contribution is 5.68. The minimum Gasteiger partial charge on any atom is -0.469 e. The van der Waals surface area contributed by atoms with Gasteiger partial charge >= 0.3 is 5.97 Å². The van der Waals surface area contributed by atoms with Gasteiger partial charge in [0.2, 0.25) is 0 Å². The summed E-state index contributed by atoms with van der Waals surface area (Å²) in [7, 11) is 3.25. The Morgan fingerprint density at radius 2 is 0.848 bits per heavy atom. The van der Waals surface area contributed by atoms with E-state index in [1.807, 2.05) is 0 Å². The fourth-order valence-corrected chi connectivity index (χ4v) is 4.76. The molecule has 0 aliphatic heterocycles. The van der Waals surface area contributed by atoms with Gasteiger partial charge in [-0.1, -0.05) is 142 Å². The van der Waals surface area contributed by atoms with Crippen molar-refractivity contribution in [3.8, 4) is 0 Å². The summed E-state index contributed by atoms with van der Waals surface area (Å²) in [5.41, 5.74) is 0. The highest BCUT2D eigenvalue weighted by atomic mass is 16.5. The molecule has 0 amide bonds. The molecule has 1 atom stereocenters. The normalized spacial score (nSPS) is 12.2. The lowest BCUT2D eigenvalue weighted by Gasteiger charge is -2.14. The average Bonchev–Trinajstić information content (AvgIpc) is 2.83. The van der Waals surface area contributed by atoms with Gasteiger partial charge in [0.25, 0.3) is 0 Å². The number of esters is 1. The van der Waals surface area contributed by atoms with Crippen LogP contribution >= 0.6 is 0 Å². The second kappa shape index (κ2) is 27.7. The molecule has 0 fully saturated rings. The van der Waals surface area contributed by atoms with Crippen molar-refractivity contribution < 1.29 is 14.3 Å². The summed E-state index contributed by atoms with van der Waals surface area (Å²) in [4.78, 5) is 11.2. The SMILES string of the molecule is CCCCCCCCCCCCCCCCCCCCCCC[C@H](CCCC(=O)OC)OC. The molecule has 3 nitrogen and oxygen atoms in total. The first-order valence-corrected chi connectivity index (χ1v) is 14.8. The van der Waals surface area contributed by atoms with Gasteiger partial charge in [0.1, 0.15) is 0 Å². The van der Waals surface area contributed by atoms with E-state index in [0.29, 0.717) is 12.5 Å². The van der Waals surface area contributed by atoms with Crippen LogP contribution in [0.25, 0.3) is 0 Å². The fourth-order valence-electron chi connectivity index (χ4n) is 4.76. The summed E-state index contributed by atoms with van der Waals surface area (Å²) in [6.45, 7) is 2.29. The number of carbonyl (C=O) groups is 1. The maximum Gasteiger partial charge on any atom is 0.305 e. The molecule has 0 aliphatic rings. The zero-order chi connectivity index (χ0) is 24.2. The lowest BCUT2D eigenvalue weighted by molar-refractivity contribution is -0.140. The van der Waals surface area contributed by atoms with E-state index in [1.165, 1.54) is 142 Å². The molecule has 0 saturated heterocycles. The standard InChI is InChI=1S/C30H60O3/c1-4-5-6-7-8-9-10-11-12-13-14-15-16-17-18-19-20-21-22-23-24-26-29(32-2)27-25-28-30(31)33-3/h29H,4-28H2,1-3H3/t29-/m1/s1. The van der Waals surface area contributed by atoms with Crippen LogP contribution in [-0.2, 0) is 14.3 Å². The molecule has 0 saturated carbocycles. The van der Waals surface area contributed by atoms with Crippen molar-refractivity contribution in [3.05, 3.63) is 0 Å². The van der Waals surface area contributed by atoms with Gasteiger partial charge in [-0.2, -0.15) is 0 Å². The number of rotatable bonds is 27. The van der Waals surface area contributed by atoms with Gasteiger partial charge in [0.15, 0.2) is 0 Å². The number of hydrogen-bond acceptors (Lipinski definition) is 3. The first kappa shape index (κ1) is 32.4. The van der Waals surface area contributed by atoms with Crippen LogP contribution < -0.4 is 0 Å². The number of hydrogen-bond donors (Lipinski definition) is 0. The third-order valence-corrected chi connectivity index (χ3v) is 7.10. The predicted octanol–water partition coefficient (Wildman–Crippen LogP) is 9.95. The fraction of sp³-hybridized carbons (Fsp3) is 0.967. The van der Waals surface area contributed by atoms with Crippen LogP contribution in [0.5, 0.6) is 0 Å². The topological polar surface area (TPSA) is 35.5 Å². The molecule has 0 bridgehead atoms. The Morgan fingerprint density at radius 3 is 1.18 bits per heavy atom. The number of methoxy groups -OCH3 is 2. The molecular formula is C30H60O3. The maximum absolute atomic E-state index is 11.2. The van der Waals surface area contributed by atoms with E-state index in [0.717, 1.165) is 19.3 Å². The minimum absolute atomic E-state index is 0.112. The van der Waals surface area contributed by atoms with Crippen molar-refractivity contribution in [2.24, 2.45) is 0 Å². The van der Waals surface area contributed by atoms with Crippen LogP contribution in [0.4, 0.5) is 0 Å². The first-order chi connectivity index (χ1) is 16.2. The highest BCUT2D eigenvalue weighted by Crippen LogP contribution is 2.17. The molecule has 3 heteroatoms. The van der Waals surface area contributed by atoms with Gasteiger partial charge in [-0.05, 0) is 19.3 Å². The first-order valence-electron chi connectivity index (χ1n) is 14.8. The summed E-state index contributed by atoms with van der Waals surface area (Å²) < 4.78 is 10.3. The molecule has 0 N–H and O–H groups in total. The van der Waals surface area contributed by atoms with Crippen LogP contribution in [0.3, 0.4) is 0 Å². The zero-order valence-electron chi connectivity index (χ0n) is 23.0. The molecule has 0 spiro atoms. The van der Waals surface area contributed by atoms with Crippen molar-refractivity contribution in [2.45, 2.75) is 174 Å². The largest absolute Gasteiger partial charge is 0.469 e. The van der Waals surface area contributed by atoms with Gasteiger partial charge < -0.3 is 9.47 Å². The maximum atomic E-state index is 11.2. The third kappa shape index (κ3) is 25.9. The molecule has 0 aliphatic carbocycles. The van der Waals surface area contributed by atoms with Crippen LogP contribution in [0.2, 0.25) is 0 Å². The van der Waals surface area contributed by atoms with Gasteiger partial charge in [-0.3, -0.25) is 4.79 Å². The third-order valence-electron chi connectivity index (χ3n) is 7.10. The van der Waals surface area contributed by atoms with E-state index in [1.54, 1.807) is 7.11 Å². The molecule has 0 unspecified atom stereocenters. The van der Waals surface area contributed by atoms with Crippen molar-refractivity contribution in [1.82, 2.24) is 0 Å². The molecular weight excluding hydrogens is 408 g/mol. The minimum atomic E-state index is -0.112. The van der Waals surface area contributed by atoms with Gasteiger partial charge in [-0.25, -0.2) is 0 Å². The molecule has 0 radical (unpaired) electrons. The lowest BCUT2D eigenvalue weighted by atomic mass is 10.0. The highest BCUT2D eigenvalue weighted by Gasteiger charge is 2.08. The van der Waals surface area contributed by atoms with Crippen LogP contribution in [-0.4, -0.2) is 26.3 Å². The Balaban J connectivity index is 3.19. The quantitative estimate of drug-likeness (QED) is 0.0888. The Bertz CT molecular complexity index is 383. The number of carbonyl (C=O) groups excluding carboxylic acids is 1. The van der Waals surface area contributed by atoms with E-state index in [2.05, 4.69) is 6.92 Å². The summed E-state index contributed by atoms with van der Waals surface area (Å²) in [5, 5.41) is 0.